The topological polar surface area (TPSA) is 87.0 Å². The largest absolute Gasteiger partial charge is 0.497 e. The van der Waals surface area contributed by atoms with E-state index in [0.29, 0.717) is 12.3 Å². The molecule has 0 spiro atoms. The van der Waals surface area contributed by atoms with Gasteiger partial charge in [0.2, 0.25) is 5.91 Å². The fourth-order valence-electron chi connectivity index (χ4n) is 4.67. The molecular weight excluding hydrogens is 446 g/mol. The number of hydrogen-bond acceptors (Lipinski definition) is 6. The molecule has 35 heavy (non-hydrogen) atoms. The quantitative estimate of drug-likeness (QED) is 0.597. The first-order valence-corrected chi connectivity index (χ1v) is 11.3. The lowest BCUT2D eigenvalue weighted by atomic mass is 9.84. The Morgan fingerprint density at radius 1 is 1.11 bits per heavy atom. The fourth-order valence-corrected chi connectivity index (χ4v) is 4.67. The average molecular weight is 476 g/mol. The van der Waals surface area contributed by atoms with Crippen molar-refractivity contribution < 1.29 is 28.2 Å². The SMILES string of the molecule is COC1=CC(=CC2=C(C)C(C(C)C(=O)NCc3ccco3)c3cc(OC)ccc32)C=C(OC)C1=O. The molecule has 0 bridgehead atoms. The Labute approximate surface area is 204 Å². The van der Waals surface area contributed by atoms with Crippen LogP contribution in [0.5, 0.6) is 5.75 Å². The maximum absolute atomic E-state index is 13.1. The van der Waals surface area contributed by atoms with Gasteiger partial charge < -0.3 is 23.9 Å². The van der Waals surface area contributed by atoms with Gasteiger partial charge >= 0.3 is 0 Å². The number of methoxy groups -OCH3 is 3. The molecule has 0 fully saturated rings. The van der Waals surface area contributed by atoms with E-state index in [2.05, 4.69) is 5.32 Å². The van der Waals surface area contributed by atoms with Crippen LogP contribution in [0.3, 0.4) is 0 Å². The summed E-state index contributed by atoms with van der Waals surface area (Å²) < 4.78 is 21.3. The molecule has 0 saturated carbocycles. The molecule has 1 amide bonds. The normalized spacial score (nSPS) is 17.9. The molecular formula is C28H29NO6. The summed E-state index contributed by atoms with van der Waals surface area (Å²) in [6.07, 6.45) is 6.98. The Balaban J connectivity index is 1.72. The highest BCUT2D eigenvalue weighted by atomic mass is 16.5. The van der Waals surface area contributed by atoms with Gasteiger partial charge in [-0.25, -0.2) is 0 Å². The van der Waals surface area contributed by atoms with Gasteiger partial charge in [-0.05, 0) is 71.7 Å². The first-order chi connectivity index (χ1) is 16.9. The monoisotopic (exact) mass is 475 g/mol. The number of benzene rings is 1. The van der Waals surface area contributed by atoms with Gasteiger partial charge in [0.1, 0.15) is 11.5 Å². The van der Waals surface area contributed by atoms with Crippen molar-refractivity contribution in [2.75, 3.05) is 21.3 Å². The second-order valence-electron chi connectivity index (χ2n) is 8.51. The summed E-state index contributed by atoms with van der Waals surface area (Å²) in [7, 11) is 4.54. The molecule has 0 radical (unpaired) electrons. The number of hydrogen-bond donors (Lipinski definition) is 1. The van der Waals surface area contributed by atoms with E-state index in [4.69, 9.17) is 18.6 Å². The zero-order chi connectivity index (χ0) is 25.1. The maximum atomic E-state index is 13.1. The number of Topliss-reactive ketones (excluding diaryl/α,β-unsaturated/α-hetero) is 1. The summed E-state index contributed by atoms with van der Waals surface area (Å²) in [5.41, 5.74) is 4.85. The minimum atomic E-state index is -0.338. The van der Waals surface area contributed by atoms with Crippen LogP contribution in [-0.2, 0) is 25.6 Å². The van der Waals surface area contributed by atoms with E-state index in [1.165, 1.54) is 14.2 Å². The Hall–Kier alpha value is -4.00. The summed E-state index contributed by atoms with van der Waals surface area (Å²) in [5.74, 6) is 0.998. The lowest BCUT2D eigenvalue weighted by molar-refractivity contribution is -0.125. The number of amides is 1. The molecule has 7 nitrogen and oxygen atoms in total. The van der Waals surface area contributed by atoms with Gasteiger partial charge in [-0.3, -0.25) is 9.59 Å². The predicted molar refractivity (Wildman–Crippen MR) is 131 cm³/mol. The molecule has 2 unspecified atom stereocenters. The number of furan rings is 1. The zero-order valence-electron chi connectivity index (χ0n) is 20.5. The number of allylic oxidation sites excluding steroid dienone is 6. The van der Waals surface area contributed by atoms with Crippen molar-refractivity contribution in [1.82, 2.24) is 5.32 Å². The Morgan fingerprint density at radius 3 is 2.43 bits per heavy atom. The molecule has 1 aromatic heterocycles. The van der Waals surface area contributed by atoms with Crippen LogP contribution in [0, 0.1) is 5.92 Å². The molecule has 2 atom stereocenters. The lowest BCUT2D eigenvalue weighted by Crippen LogP contribution is -2.32. The molecule has 4 rings (SSSR count). The van der Waals surface area contributed by atoms with Crippen molar-refractivity contribution >= 4 is 17.3 Å². The molecule has 1 aromatic carbocycles. The van der Waals surface area contributed by atoms with Gasteiger partial charge in [-0.2, -0.15) is 0 Å². The van der Waals surface area contributed by atoms with Crippen LogP contribution in [0.15, 0.2) is 81.9 Å². The van der Waals surface area contributed by atoms with E-state index in [0.717, 1.165) is 33.6 Å². The van der Waals surface area contributed by atoms with Crippen LogP contribution in [0.1, 0.15) is 36.7 Å². The number of nitrogens with one attached hydrogen (secondary N) is 1. The van der Waals surface area contributed by atoms with Gasteiger partial charge in [-0.1, -0.05) is 18.6 Å². The van der Waals surface area contributed by atoms with Crippen LogP contribution in [0.4, 0.5) is 0 Å². The van der Waals surface area contributed by atoms with E-state index >= 15 is 0 Å². The summed E-state index contributed by atoms with van der Waals surface area (Å²) in [5, 5.41) is 2.98. The van der Waals surface area contributed by atoms with Crippen LogP contribution < -0.4 is 10.1 Å². The van der Waals surface area contributed by atoms with Crippen molar-refractivity contribution in [3.63, 3.8) is 0 Å². The maximum Gasteiger partial charge on any atom is 0.261 e. The average Bonchev–Trinajstić information content (AvgIpc) is 3.48. The summed E-state index contributed by atoms with van der Waals surface area (Å²) in [6.45, 7) is 4.29. The third-order valence-corrected chi connectivity index (χ3v) is 6.50. The zero-order valence-corrected chi connectivity index (χ0v) is 20.5. The smallest absolute Gasteiger partial charge is 0.261 e. The summed E-state index contributed by atoms with van der Waals surface area (Å²) in [4.78, 5) is 25.5. The van der Waals surface area contributed by atoms with Crippen molar-refractivity contribution in [2.24, 2.45) is 5.92 Å². The fraction of sp³-hybridized carbons (Fsp3) is 0.286. The van der Waals surface area contributed by atoms with Gasteiger partial charge in [0.25, 0.3) is 5.78 Å². The highest BCUT2D eigenvalue weighted by Gasteiger charge is 2.35. The third kappa shape index (κ3) is 4.67. The van der Waals surface area contributed by atoms with Crippen molar-refractivity contribution in [3.05, 3.63) is 94.4 Å². The Kier molecular flexibility index (Phi) is 6.96. The molecule has 182 valence electrons. The van der Waals surface area contributed by atoms with Gasteiger partial charge in [0, 0.05) is 11.8 Å². The van der Waals surface area contributed by atoms with Gasteiger partial charge in [0.05, 0.1) is 34.1 Å². The van der Waals surface area contributed by atoms with Gasteiger partial charge in [-0.15, -0.1) is 0 Å². The number of rotatable bonds is 8. The van der Waals surface area contributed by atoms with E-state index in [-0.39, 0.29) is 35.0 Å². The van der Waals surface area contributed by atoms with Crippen LogP contribution in [-0.4, -0.2) is 33.0 Å². The molecule has 0 aliphatic heterocycles. The first-order valence-electron chi connectivity index (χ1n) is 11.3. The van der Waals surface area contributed by atoms with Crippen LogP contribution in [0.2, 0.25) is 0 Å². The van der Waals surface area contributed by atoms with Crippen molar-refractivity contribution in [1.29, 1.82) is 0 Å². The minimum Gasteiger partial charge on any atom is -0.497 e. The summed E-state index contributed by atoms with van der Waals surface area (Å²) >= 11 is 0. The first kappa shape index (κ1) is 24.1. The second kappa shape index (κ2) is 10.1. The number of ether oxygens (including phenoxy) is 3. The Bertz CT molecular complexity index is 1240. The molecule has 1 heterocycles. The van der Waals surface area contributed by atoms with E-state index in [1.54, 1.807) is 31.6 Å². The molecule has 2 aromatic rings. The van der Waals surface area contributed by atoms with Crippen LogP contribution in [0.25, 0.3) is 5.57 Å². The highest BCUT2D eigenvalue weighted by Crippen LogP contribution is 2.48. The molecule has 1 N–H and O–H groups in total. The molecule has 2 aliphatic carbocycles. The lowest BCUT2D eigenvalue weighted by Gasteiger charge is -2.22. The van der Waals surface area contributed by atoms with E-state index in [9.17, 15) is 9.59 Å². The minimum absolute atomic E-state index is 0.0696. The standard InChI is InChI=1S/C28H29NO6/c1-16-22(11-18-12-24(33-4)27(30)25(13-18)34-5)21-9-8-19(32-3)14-23(21)26(16)17(2)28(31)29-15-20-7-6-10-35-20/h6-14,17,26H,15H2,1-5H3,(H,29,31). The number of carbonyl (C=O) groups excluding carboxylic acids is 2. The van der Waals surface area contributed by atoms with Crippen molar-refractivity contribution in [2.45, 2.75) is 26.3 Å². The van der Waals surface area contributed by atoms with E-state index < -0.39 is 0 Å². The van der Waals surface area contributed by atoms with E-state index in [1.807, 2.05) is 44.2 Å². The number of ketones is 1. The van der Waals surface area contributed by atoms with Crippen LogP contribution >= 0.6 is 0 Å². The third-order valence-electron chi connectivity index (χ3n) is 6.50. The highest BCUT2D eigenvalue weighted by molar-refractivity contribution is 6.07. The number of fused-ring (bicyclic) bond motifs is 1. The molecule has 2 aliphatic rings. The molecule has 0 saturated heterocycles. The second-order valence-corrected chi connectivity index (χ2v) is 8.51. The van der Waals surface area contributed by atoms with Crippen molar-refractivity contribution in [3.8, 4) is 5.75 Å². The number of carbonyl (C=O) groups is 2. The predicted octanol–water partition coefficient (Wildman–Crippen LogP) is 4.68. The Morgan fingerprint density at radius 2 is 1.83 bits per heavy atom. The summed E-state index contributed by atoms with van der Waals surface area (Å²) in [6, 6.07) is 9.53. The molecule has 7 heteroatoms. The van der Waals surface area contributed by atoms with Gasteiger partial charge in [0.15, 0.2) is 11.5 Å².